The topological polar surface area (TPSA) is 73.2 Å². The van der Waals surface area contributed by atoms with Crippen molar-refractivity contribution in [3.63, 3.8) is 0 Å². The summed E-state index contributed by atoms with van der Waals surface area (Å²) in [5.41, 5.74) is 2.09. The molecule has 0 saturated heterocycles. The second-order valence-electron chi connectivity index (χ2n) is 5.23. The highest BCUT2D eigenvalue weighted by Gasteiger charge is 2.15. The Bertz CT molecular complexity index is 934. The van der Waals surface area contributed by atoms with Crippen molar-refractivity contribution in [3.05, 3.63) is 66.5 Å². The molecule has 1 aromatic heterocycles. The van der Waals surface area contributed by atoms with Crippen molar-refractivity contribution in [2.75, 3.05) is 11.8 Å². The van der Waals surface area contributed by atoms with Gasteiger partial charge in [-0.15, -0.1) is 0 Å². The van der Waals surface area contributed by atoms with Crippen LogP contribution in [0.25, 0.3) is 5.69 Å². The third-order valence-electron chi connectivity index (χ3n) is 3.57. The minimum absolute atomic E-state index is 0.192. The van der Waals surface area contributed by atoms with Crippen LogP contribution in [0.3, 0.4) is 0 Å². The van der Waals surface area contributed by atoms with Crippen LogP contribution in [-0.4, -0.2) is 25.3 Å². The molecule has 0 radical (unpaired) electrons. The van der Waals surface area contributed by atoms with Gasteiger partial charge in [0.2, 0.25) is 0 Å². The number of hydrogen-bond acceptors (Lipinski definition) is 4. The molecular formula is C17H17N3O3S. The highest BCUT2D eigenvalue weighted by Crippen LogP contribution is 2.23. The van der Waals surface area contributed by atoms with Crippen molar-refractivity contribution in [1.82, 2.24) is 9.78 Å². The zero-order chi connectivity index (χ0) is 17.2. The van der Waals surface area contributed by atoms with Gasteiger partial charge in [-0.2, -0.15) is 5.10 Å². The number of methoxy groups -OCH3 is 1. The first-order valence-corrected chi connectivity index (χ1v) is 8.75. The van der Waals surface area contributed by atoms with Gasteiger partial charge in [0.25, 0.3) is 10.0 Å². The Morgan fingerprint density at radius 1 is 1.12 bits per heavy atom. The molecular weight excluding hydrogens is 326 g/mol. The number of ether oxygens (including phenoxy) is 1. The molecule has 0 spiro atoms. The Morgan fingerprint density at radius 3 is 2.46 bits per heavy atom. The second kappa shape index (κ2) is 6.37. The standard InChI is InChI=1S/C17H17N3O3S/c1-13-12-16(8-9-17(13)23-2)24(21,22)19-14-4-6-15(7-5-14)20-11-3-10-18-20/h3-12,19H,1-2H3. The summed E-state index contributed by atoms with van der Waals surface area (Å²) < 4.78 is 34.4. The molecule has 24 heavy (non-hydrogen) atoms. The molecule has 124 valence electrons. The number of hydrogen-bond donors (Lipinski definition) is 1. The summed E-state index contributed by atoms with van der Waals surface area (Å²) in [6.07, 6.45) is 3.50. The van der Waals surface area contributed by atoms with Crippen molar-refractivity contribution in [3.8, 4) is 11.4 Å². The predicted octanol–water partition coefficient (Wildman–Crippen LogP) is 2.99. The molecule has 3 rings (SSSR count). The summed E-state index contributed by atoms with van der Waals surface area (Å²) in [7, 11) is -2.10. The highest BCUT2D eigenvalue weighted by atomic mass is 32.2. The van der Waals surface area contributed by atoms with Crippen molar-refractivity contribution < 1.29 is 13.2 Å². The van der Waals surface area contributed by atoms with Crippen LogP contribution in [0.4, 0.5) is 5.69 Å². The van der Waals surface area contributed by atoms with Gasteiger partial charge < -0.3 is 4.74 Å². The zero-order valence-electron chi connectivity index (χ0n) is 13.3. The molecule has 0 aliphatic carbocycles. The van der Waals surface area contributed by atoms with Crippen molar-refractivity contribution in [2.45, 2.75) is 11.8 Å². The van der Waals surface area contributed by atoms with E-state index in [1.165, 1.54) is 6.07 Å². The third-order valence-corrected chi connectivity index (χ3v) is 4.94. The summed E-state index contributed by atoms with van der Waals surface area (Å²) in [4.78, 5) is 0.192. The maximum Gasteiger partial charge on any atom is 0.261 e. The summed E-state index contributed by atoms with van der Waals surface area (Å²) in [6, 6.07) is 13.6. The van der Waals surface area contributed by atoms with Gasteiger partial charge in [-0.05, 0) is 61.0 Å². The van der Waals surface area contributed by atoms with Gasteiger partial charge in [0.1, 0.15) is 5.75 Å². The van der Waals surface area contributed by atoms with Crippen LogP contribution in [0.5, 0.6) is 5.75 Å². The Kier molecular flexibility index (Phi) is 4.26. The third kappa shape index (κ3) is 3.26. The summed E-state index contributed by atoms with van der Waals surface area (Å²) in [5, 5.41) is 4.13. The fraction of sp³-hybridized carbons (Fsp3) is 0.118. The molecule has 0 aliphatic rings. The van der Waals surface area contributed by atoms with E-state index in [9.17, 15) is 8.42 Å². The van der Waals surface area contributed by atoms with Crippen molar-refractivity contribution in [1.29, 1.82) is 0 Å². The minimum atomic E-state index is -3.66. The lowest BCUT2D eigenvalue weighted by atomic mass is 10.2. The fourth-order valence-corrected chi connectivity index (χ4v) is 3.48. The summed E-state index contributed by atoms with van der Waals surface area (Å²) in [5.74, 6) is 0.650. The van der Waals surface area contributed by atoms with Crippen molar-refractivity contribution >= 4 is 15.7 Å². The van der Waals surface area contributed by atoms with E-state index in [1.807, 2.05) is 12.3 Å². The number of nitrogens with one attached hydrogen (secondary N) is 1. The summed E-state index contributed by atoms with van der Waals surface area (Å²) >= 11 is 0. The van der Waals surface area contributed by atoms with Gasteiger partial charge in [-0.1, -0.05) is 0 Å². The molecule has 6 nitrogen and oxygen atoms in total. The highest BCUT2D eigenvalue weighted by molar-refractivity contribution is 7.92. The zero-order valence-corrected chi connectivity index (χ0v) is 14.1. The smallest absolute Gasteiger partial charge is 0.261 e. The molecule has 3 aromatic rings. The number of anilines is 1. The van der Waals surface area contributed by atoms with Gasteiger partial charge in [-0.25, -0.2) is 13.1 Å². The Balaban J connectivity index is 1.83. The van der Waals surface area contributed by atoms with E-state index >= 15 is 0 Å². The van der Waals surface area contributed by atoms with E-state index in [4.69, 9.17) is 4.74 Å². The molecule has 7 heteroatoms. The second-order valence-corrected chi connectivity index (χ2v) is 6.92. The Labute approximate surface area is 140 Å². The van der Waals surface area contributed by atoms with Crippen LogP contribution >= 0.6 is 0 Å². The van der Waals surface area contributed by atoms with Gasteiger partial charge in [0, 0.05) is 18.1 Å². The predicted molar refractivity (Wildman–Crippen MR) is 92.1 cm³/mol. The Morgan fingerprint density at radius 2 is 1.88 bits per heavy atom. The fourth-order valence-electron chi connectivity index (χ4n) is 2.34. The normalized spacial score (nSPS) is 11.2. The van der Waals surface area contributed by atoms with Crippen molar-refractivity contribution in [2.24, 2.45) is 0 Å². The van der Waals surface area contributed by atoms with Crippen LogP contribution in [0, 0.1) is 6.92 Å². The summed E-state index contributed by atoms with van der Waals surface area (Å²) in [6.45, 7) is 1.80. The average molecular weight is 343 g/mol. The molecule has 0 unspecified atom stereocenters. The largest absolute Gasteiger partial charge is 0.496 e. The first-order chi connectivity index (χ1) is 11.5. The number of sulfonamides is 1. The molecule has 0 saturated carbocycles. The number of rotatable bonds is 5. The van der Waals surface area contributed by atoms with Gasteiger partial charge in [0.05, 0.1) is 17.7 Å². The Hall–Kier alpha value is -2.80. The maximum absolute atomic E-state index is 12.5. The molecule has 1 heterocycles. The molecule has 0 fully saturated rings. The van der Waals surface area contributed by atoms with Gasteiger partial charge in [-0.3, -0.25) is 4.72 Å². The maximum atomic E-state index is 12.5. The molecule has 2 aromatic carbocycles. The first kappa shape index (κ1) is 16.1. The average Bonchev–Trinajstić information content (AvgIpc) is 3.09. The van der Waals surface area contributed by atoms with E-state index in [2.05, 4.69) is 9.82 Å². The lowest BCUT2D eigenvalue weighted by Gasteiger charge is -2.11. The monoisotopic (exact) mass is 343 g/mol. The molecule has 0 amide bonds. The molecule has 0 aliphatic heterocycles. The molecule has 1 N–H and O–H groups in total. The lowest BCUT2D eigenvalue weighted by Crippen LogP contribution is -2.13. The first-order valence-electron chi connectivity index (χ1n) is 7.27. The van der Waals surface area contributed by atoms with Gasteiger partial charge in [0.15, 0.2) is 0 Å². The number of aryl methyl sites for hydroxylation is 1. The van der Waals surface area contributed by atoms with Crippen LogP contribution in [0.1, 0.15) is 5.56 Å². The van der Waals surface area contributed by atoms with Crippen LogP contribution in [-0.2, 0) is 10.0 Å². The van der Waals surface area contributed by atoms with E-state index in [0.29, 0.717) is 11.4 Å². The quantitative estimate of drug-likeness (QED) is 0.773. The van der Waals surface area contributed by atoms with Crippen LogP contribution < -0.4 is 9.46 Å². The van der Waals surface area contributed by atoms with E-state index in [1.54, 1.807) is 61.3 Å². The van der Waals surface area contributed by atoms with Gasteiger partial charge >= 0.3 is 0 Å². The lowest BCUT2D eigenvalue weighted by molar-refractivity contribution is 0.411. The van der Waals surface area contributed by atoms with E-state index in [-0.39, 0.29) is 4.90 Å². The van der Waals surface area contributed by atoms with E-state index in [0.717, 1.165) is 11.3 Å². The minimum Gasteiger partial charge on any atom is -0.496 e. The number of aromatic nitrogens is 2. The number of nitrogens with zero attached hydrogens (tertiary/aromatic N) is 2. The SMILES string of the molecule is COc1ccc(S(=O)(=O)Nc2ccc(-n3cccn3)cc2)cc1C. The van der Waals surface area contributed by atoms with Crippen LogP contribution in [0.2, 0.25) is 0 Å². The molecule has 0 atom stereocenters. The van der Waals surface area contributed by atoms with Crippen LogP contribution in [0.15, 0.2) is 65.8 Å². The molecule has 0 bridgehead atoms. The number of benzene rings is 2. The van der Waals surface area contributed by atoms with E-state index < -0.39 is 10.0 Å².